The lowest BCUT2D eigenvalue weighted by molar-refractivity contribution is -0.127. The Morgan fingerprint density at radius 3 is 2.88 bits per heavy atom. The maximum absolute atomic E-state index is 12.1. The lowest BCUT2D eigenvalue weighted by Crippen LogP contribution is -2.50. The fourth-order valence-electron chi connectivity index (χ4n) is 1.56. The minimum atomic E-state index is -0.915. The maximum atomic E-state index is 12.1. The Bertz CT molecular complexity index is 290. The van der Waals surface area contributed by atoms with E-state index in [0.717, 1.165) is 17.9 Å². The van der Waals surface area contributed by atoms with E-state index in [-0.39, 0.29) is 17.8 Å². The van der Waals surface area contributed by atoms with E-state index in [1.54, 1.807) is 6.92 Å². The first-order valence-corrected chi connectivity index (χ1v) is 6.56. The van der Waals surface area contributed by atoms with Crippen LogP contribution < -0.4 is 11.1 Å². The van der Waals surface area contributed by atoms with Crippen LogP contribution in [-0.4, -0.2) is 34.5 Å². The van der Waals surface area contributed by atoms with E-state index < -0.39 is 5.41 Å². The van der Waals surface area contributed by atoms with E-state index in [1.165, 1.54) is 0 Å². The predicted octanol–water partition coefficient (Wildman–Crippen LogP) is 0.771. The average molecular weight is 245 g/mol. The molecule has 0 aromatic carbocycles. The summed E-state index contributed by atoms with van der Waals surface area (Å²) in [6.45, 7) is 3.54. The first-order chi connectivity index (χ1) is 7.54. The molecule has 1 rings (SSSR count). The van der Waals surface area contributed by atoms with E-state index in [9.17, 15) is 4.79 Å². The Labute approximate surface area is 99.8 Å². The zero-order valence-electron chi connectivity index (χ0n) is 9.69. The molecule has 0 aromatic heterocycles. The van der Waals surface area contributed by atoms with Gasteiger partial charge in [-0.3, -0.25) is 4.79 Å². The predicted molar refractivity (Wildman–Crippen MR) is 65.7 cm³/mol. The number of thioether (sulfide) groups is 1. The first kappa shape index (κ1) is 13.2. The summed E-state index contributed by atoms with van der Waals surface area (Å²) in [7, 11) is 0. The Hall–Kier alpha value is -0.910. The molecule has 0 bridgehead atoms. The molecule has 4 N–H and O–H groups in total. The van der Waals surface area contributed by atoms with Crippen molar-refractivity contribution in [3.05, 3.63) is 0 Å². The molecule has 0 radical (unpaired) electrons. The fourth-order valence-corrected chi connectivity index (χ4v) is 2.71. The summed E-state index contributed by atoms with van der Waals surface area (Å²) < 4.78 is 0. The zero-order valence-corrected chi connectivity index (χ0v) is 10.5. The van der Waals surface area contributed by atoms with Crippen LogP contribution in [0, 0.1) is 5.41 Å². The topological polar surface area (TPSA) is 87.7 Å². The molecule has 1 heterocycles. The van der Waals surface area contributed by atoms with Gasteiger partial charge in [-0.05, 0) is 25.5 Å². The summed E-state index contributed by atoms with van der Waals surface area (Å²) in [6, 6.07) is 0.217. The van der Waals surface area contributed by atoms with Gasteiger partial charge in [0, 0.05) is 11.8 Å². The molecule has 2 unspecified atom stereocenters. The van der Waals surface area contributed by atoms with Crippen LogP contribution in [0.4, 0.5) is 0 Å². The summed E-state index contributed by atoms with van der Waals surface area (Å²) in [4.78, 5) is 12.1. The van der Waals surface area contributed by atoms with Crippen molar-refractivity contribution in [2.24, 2.45) is 16.3 Å². The van der Waals surface area contributed by atoms with Gasteiger partial charge in [-0.25, -0.2) is 0 Å². The van der Waals surface area contributed by atoms with Gasteiger partial charge in [0.1, 0.15) is 5.41 Å². The summed E-state index contributed by atoms with van der Waals surface area (Å²) in [5.74, 6) is 1.84. The second-order valence-corrected chi connectivity index (χ2v) is 5.35. The number of oxime groups is 1. The van der Waals surface area contributed by atoms with Gasteiger partial charge in [0.25, 0.3) is 0 Å². The molecule has 1 amide bonds. The molecule has 0 spiro atoms. The first-order valence-electron chi connectivity index (χ1n) is 5.41. The van der Waals surface area contributed by atoms with Crippen molar-refractivity contribution in [2.75, 3.05) is 11.5 Å². The number of amides is 1. The summed E-state index contributed by atoms with van der Waals surface area (Å²) in [5, 5.41) is 14.6. The van der Waals surface area contributed by atoms with Gasteiger partial charge in [-0.15, -0.1) is 0 Å². The number of rotatable bonds is 4. The molecule has 1 saturated heterocycles. The molecule has 0 aromatic rings. The van der Waals surface area contributed by atoms with Gasteiger partial charge in [0.05, 0.1) is 0 Å². The van der Waals surface area contributed by atoms with Crippen LogP contribution in [0.3, 0.4) is 0 Å². The Balaban J connectivity index is 2.68. The Morgan fingerprint density at radius 1 is 1.75 bits per heavy atom. The van der Waals surface area contributed by atoms with Gasteiger partial charge >= 0.3 is 0 Å². The van der Waals surface area contributed by atoms with Crippen molar-refractivity contribution < 1.29 is 10.0 Å². The largest absolute Gasteiger partial charge is 0.409 e. The molecule has 92 valence electrons. The third-order valence-corrected chi connectivity index (χ3v) is 4.31. The second kappa shape index (κ2) is 5.43. The molecule has 16 heavy (non-hydrogen) atoms. The lowest BCUT2D eigenvalue weighted by atomic mass is 9.85. The lowest BCUT2D eigenvalue weighted by Gasteiger charge is -2.27. The van der Waals surface area contributed by atoms with Gasteiger partial charge in [-0.2, -0.15) is 11.8 Å². The van der Waals surface area contributed by atoms with Gasteiger partial charge in [0.2, 0.25) is 5.91 Å². The van der Waals surface area contributed by atoms with Gasteiger partial charge in [-0.1, -0.05) is 12.1 Å². The van der Waals surface area contributed by atoms with E-state index in [4.69, 9.17) is 10.9 Å². The SMILES string of the molecule is CCC(C)(C(=O)NC1CCSC1)C(N)=NO. The molecule has 1 fully saturated rings. The molecule has 5 nitrogen and oxygen atoms in total. The van der Waals surface area contributed by atoms with Crippen LogP contribution in [0.15, 0.2) is 5.16 Å². The van der Waals surface area contributed by atoms with Crippen LogP contribution in [0.1, 0.15) is 26.7 Å². The van der Waals surface area contributed by atoms with Crippen LogP contribution in [0.25, 0.3) is 0 Å². The number of hydrogen-bond donors (Lipinski definition) is 3. The van der Waals surface area contributed by atoms with E-state index in [0.29, 0.717) is 6.42 Å². The van der Waals surface area contributed by atoms with Crippen LogP contribution in [0.5, 0.6) is 0 Å². The third kappa shape index (κ3) is 2.61. The second-order valence-electron chi connectivity index (χ2n) is 4.20. The van der Waals surface area contributed by atoms with E-state index in [1.807, 2.05) is 18.7 Å². The molecule has 0 aliphatic carbocycles. The number of amidine groups is 1. The normalized spacial score (nSPS) is 25.1. The van der Waals surface area contributed by atoms with Crippen LogP contribution >= 0.6 is 11.8 Å². The van der Waals surface area contributed by atoms with Gasteiger partial charge in [0.15, 0.2) is 5.84 Å². The number of nitrogens with two attached hydrogens (primary N) is 1. The van der Waals surface area contributed by atoms with Crippen molar-refractivity contribution >= 4 is 23.5 Å². The number of hydrogen-bond acceptors (Lipinski definition) is 4. The maximum Gasteiger partial charge on any atom is 0.233 e. The minimum absolute atomic E-state index is 0.0295. The van der Waals surface area contributed by atoms with Gasteiger partial charge < -0.3 is 16.3 Å². The Morgan fingerprint density at radius 2 is 2.44 bits per heavy atom. The summed E-state index contributed by atoms with van der Waals surface area (Å²) in [6.07, 6.45) is 1.50. The molecule has 6 heteroatoms. The number of carbonyl (C=O) groups excluding carboxylic acids is 1. The summed E-state index contributed by atoms with van der Waals surface area (Å²) >= 11 is 1.83. The van der Waals surface area contributed by atoms with Crippen LogP contribution in [-0.2, 0) is 4.79 Å². The Kier molecular flexibility index (Phi) is 4.46. The monoisotopic (exact) mass is 245 g/mol. The zero-order chi connectivity index (χ0) is 12.2. The standard InChI is InChI=1S/C10H19N3O2S/c1-3-10(2,8(11)13-15)9(14)12-7-4-5-16-6-7/h7,15H,3-6H2,1-2H3,(H2,11,13)(H,12,14). The highest BCUT2D eigenvalue weighted by molar-refractivity contribution is 7.99. The average Bonchev–Trinajstić information content (AvgIpc) is 2.79. The van der Waals surface area contributed by atoms with Crippen LogP contribution in [0.2, 0.25) is 0 Å². The van der Waals surface area contributed by atoms with E-state index in [2.05, 4.69) is 10.5 Å². The van der Waals surface area contributed by atoms with Crippen molar-refractivity contribution in [2.45, 2.75) is 32.7 Å². The highest BCUT2D eigenvalue weighted by Gasteiger charge is 2.37. The minimum Gasteiger partial charge on any atom is -0.409 e. The van der Waals surface area contributed by atoms with Crippen molar-refractivity contribution in [3.63, 3.8) is 0 Å². The smallest absolute Gasteiger partial charge is 0.233 e. The third-order valence-electron chi connectivity index (χ3n) is 3.15. The quantitative estimate of drug-likeness (QED) is 0.295. The molecule has 1 aliphatic heterocycles. The molecule has 0 saturated carbocycles. The van der Waals surface area contributed by atoms with Crippen molar-refractivity contribution in [1.82, 2.24) is 5.32 Å². The number of nitrogens with one attached hydrogen (secondary N) is 1. The molecular weight excluding hydrogens is 226 g/mol. The number of carbonyl (C=O) groups is 1. The summed E-state index contributed by atoms with van der Waals surface area (Å²) in [5.41, 5.74) is 4.66. The fraction of sp³-hybridized carbons (Fsp3) is 0.800. The van der Waals surface area contributed by atoms with Crippen molar-refractivity contribution in [3.8, 4) is 0 Å². The molecular formula is C10H19N3O2S. The van der Waals surface area contributed by atoms with Crippen molar-refractivity contribution in [1.29, 1.82) is 0 Å². The van der Waals surface area contributed by atoms with E-state index >= 15 is 0 Å². The molecule has 1 aliphatic rings. The molecule has 2 atom stereocenters. The highest BCUT2D eigenvalue weighted by atomic mass is 32.2. The highest BCUT2D eigenvalue weighted by Crippen LogP contribution is 2.24. The number of nitrogens with zero attached hydrogens (tertiary/aromatic N) is 1.